The fourth-order valence-corrected chi connectivity index (χ4v) is 9.27. The first-order valence-corrected chi connectivity index (χ1v) is 20.5. The predicted octanol–water partition coefficient (Wildman–Crippen LogP) is 6.40. The summed E-state index contributed by atoms with van der Waals surface area (Å²) in [5.41, 5.74) is 0.994. The van der Waals surface area contributed by atoms with Crippen LogP contribution in [0.2, 0.25) is 0 Å². The Morgan fingerprint density at radius 1 is 0.962 bits per heavy atom. The van der Waals surface area contributed by atoms with Crippen LogP contribution in [0.3, 0.4) is 0 Å². The van der Waals surface area contributed by atoms with Gasteiger partial charge in [0, 0.05) is 58.1 Å². The van der Waals surface area contributed by atoms with Crippen LogP contribution in [0.5, 0.6) is 0 Å². The normalized spacial score (nSPS) is 18.7. The van der Waals surface area contributed by atoms with Gasteiger partial charge in [0.05, 0.1) is 20.9 Å². The number of amides is 2. The van der Waals surface area contributed by atoms with Gasteiger partial charge in [0.1, 0.15) is 5.69 Å². The number of hydrogen-bond acceptors (Lipinski definition) is 10. The van der Waals surface area contributed by atoms with E-state index in [0.29, 0.717) is 24.4 Å². The molecule has 0 aromatic heterocycles. The zero-order valence-electron chi connectivity index (χ0n) is 29.3. The molecular weight excluding hydrogens is 780 g/mol. The van der Waals surface area contributed by atoms with Crippen LogP contribution in [0.25, 0.3) is 0 Å². The van der Waals surface area contributed by atoms with Gasteiger partial charge in [0.15, 0.2) is 0 Å². The molecule has 4 aromatic carbocycles. The van der Waals surface area contributed by atoms with Crippen molar-refractivity contribution >= 4 is 66.6 Å². The highest BCUT2D eigenvalue weighted by Gasteiger charge is 2.54. The number of nitrogens with one attached hydrogen (secondary N) is 3. The molecule has 1 aliphatic carbocycles. The molecule has 2 unspecified atom stereocenters. The highest BCUT2D eigenvalue weighted by molar-refractivity contribution is 9.10. The summed E-state index contributed by atoms with van der Waals surface area (Å²) < 4.78 is 29.5. The van der Waals surface area contributed by atoms with E-state index in [1.807, 2.05) is 62.6 Å². The van der Waals surface area contributed by atoms with Crippen LogP contribution in [-0.2, 0) is 10.0 Å². The number of hydrogen-bond donors (Lipinski definition) is 3. The number of rotatable bonds is 14. The van der Waals surface area contributed by atoms with Crippen LogP contribution in [-0.4, -0.2) is 81.1 Å². The quantitative estimate of drug-likeness (QED) is 0.0740. The van der Waals surface area contributed by atoms with Crippen molar-refractivity contribution in [1.82, 2.24) is 14.9 Å². The summed E-state index contributed by atoms with van der Waals surface area (Å²) in [5.74, 6) is -0.0657. The average Bonchev–Trinajstić information content (AvgIpc) is 3.81. The maximum atomic E-state index is 13.3. The standard InChI is InChI=1S/C38H41BrN6O6S2/c1-43(2)24-27-23-38(27,25-52-30-8-4-3-5-9-30)41-34-17-16-31(22-35(34)45(48)49)53(50,51)42-36(46)26-12-14-29(15-13-26)44-20-18-28(19-21-44)40-37(47)32-10-6-7-11-33(32)39/h3-17,22,27-28,41H,18-21,23-25H2,1-2H3,(H,40,47)(H,42,46). The minimum Gasteiger partial charge on any atom is -0.373 e. The van der Waals surface area contributed by atoms with Crippen molar-refractivity contribution < 1.29 is 22.9 Å². The molecule has 6 rings (SSSR count). The van der Waals surface area contributed by atoms with Gasteiger partial charge in [0.2, 0.25) is 0 Å². The monoisotopic (exact) mass is 820 g/mol. The second-order valence-corrected chi connectivity index (χ2v) is 17.3. The molecule has 0 bridgehead atoms. The number of piperidine rings is 1. The molecule has 2 atom stereocenters. The lowest BCUT2D eigenvalue weighted by Crippen LogP contribution is -2.44. The fraction of sp³-hybridized carbons (Fsp3) is 0.316. The van der Waals surface area contributed by atoms with Gasteiger partial charge in [-0.2, -0.15) is 0 Å². The van der Waals surface area contributed by atoms with E-state index < -0.39 is 26.4 Å². The van der Waals surface area contributed by atoms with Gasteiger partial charge in [-0.25, -0.2) is 13.1 Å². The van der Waals surface area contributed by atoms with Gasteiger partial charge in [-0.1, -0.05) is 30.3 Å². The molecule has 53 heavy (non-hydrogen) atoms. The number of halogens is 1. The fourth-order valence-electron chi connectivity index (χ4n) is 6.61. The second-order valence-electron chi connectivity index (χ2n) is 13.7. The van der Waals surface area contributed by atoms with Gasteiger partial charge in [-0.15, -0.1) is 11.8 Å². The van der Waals surface area contributed by atoms with Crippen molar-refractivity contribution in [2.24, 2.45) is 5.92 Å². The zero-order valence-corrected chi connectivity index (χ0v) is 32.5. The molecule has 12 nitrogen and oxygen atoms in total. The van der Waals surface area contributed by atoms with Gasteiger partial charge in [0.25, 0.3) is 27.5 Å². The largest absolute Gasteiger partial charge is 0.373 e. The molecular formula is C38H41BrN6O6S2. The van der Waals surface area contributed by atoms with E-state index >= 15 is 0 Å². The summed E-state index contributed by atoms with van der Waals surface area (Å²) in [4.78, 5) is 42.4. The number of anilines is 2. The van der Waals surface area contributed by atoms with Crippen molar-refractivity contribution in [3.8, 4) is 0 Å². The molecule has 0 radical (unpaired) electrons. The Morgan fingerprint density at radius 2 is 1.64 bits per heavy atom. The Bertz CT molecular complexity index is 2080. The lowest BCUT2D eigenvalue weighted by atomic mass is 10.0. The Hall–Kier alpha value is -4.44. The Kier molecular flexibility index (Phi) is 11.8. The first kappa shape index (κ1) is 38.3. The zero-order chi connectivity index (χ0) is 37.8. The number of carbonyl (C=O) groups is 2. The molecule has 2 amide bonds. The number of thioether (sulfide) groups is 1. The Balaban J connectivity index is 1.08. The van der Waals surface area contributed by atoms with E-state index in [4.69, 9.17) is 0 Å². The highest BCUT2D eigenvalue weighted by atomic mass is 79.9. The Morgan fingerprint density at radius 3 is 2.30 bits per heavy atom. The van der Waals surface area contributed by atoms with Crippen LogP contribution in [0, 0.1) is 16.0 Å². The van der Waals surface area contributed by atoms with E-state index in [9.17, 15) is 28.1 Å². The number of carbonyl (C=O) groups excluding carboxylic acids is 2. The van der Waals surface area contributed by atoms with Crippen molar-refractivity contribution in [3.63, 3.8) is 0 Å². The number of nitrogens with zero attached hydrogens (tertiary/aromatic N) is 3. The third kappa shape index (κ3) is 9.39. The predicted molar refractivity (Wildman–Crippen MR) is 211 cm³/mol. The van der Waals surface area contributed by atoms with Gasteiger partial charge < -0.3 is 20.4 Å². The molecule has 1 heterocycles. The van der Waals surface area contributed by atoms with Crippen LogP contribution in [0.15, 0.2) is 111 Å². The van der Waals surface area contributed by atoms with E-state index in [1.54, 1.807) is 42.1 Å². The number of benzene rings is 4. The minimum atomic E-state index is -4.44. The number of nitro groups is 1. The van der Waals surface area contributed by atoms with Gasteiger partial charge in [-0.05, 0) is 116 Å². The van der Waals surface area contributed by atoms with Gasteiger partial charge >= 0.3 is 0 Å². The molecule has 2 fully saturated rings. The molecule has 15 heteroatoms. The van der Waals surface area contributed by atoms with E-state index in [-0.39, 0.29) is 39.7 Å². The minimum absolute atomic E-state index is 0.0234. The summed E-state index contributed by atoms with van der Waals surface area (Å²) in [5, 5.41) is 18.7. The average molecular weight is 822 g/mol. The smallest absolute Gasteiger partial charge is 0.293 e. The summed E-state index contributed by atoms with van der Waals surface area (Å²) in [7, 11) is -0.473. The summed E-state index contributed by atoms with van der Waals surface area (Å²) >= 11 is 5.09. The Labute approximate surface area is 322 Å². The highest BCUT2D eigenvalue weighted by Crippen LogP contribution is 2.50. The molecule has 1 saturated carbocycles. The lowest BCUT2D eigenvalue weighted by molar-refractivity contribution is -0.384. The van der Waals surface area contributed by atoms with Crippen LogP contribution < -0.4 is 20.3 Å². The SMILES string of the molecule is CN(C)CC1CC1(CSc1ccccc1)Nc1ccc(S(=O)(=O)NC(=O)c2ccc(N3CCC(NC(=O)c4ccccc4Br)CC3)cc2)cc1[N+](=O)[O-]. The summed E-state index contributed by atoms with van der Waals surface area (Å²) in [6, 6.07) is 27.5. The first-order valence-electron chi connectivity index (χ1n) is 17.2. The van der Waals surface area contributed by atoms with Crippen LogP contribution >= 0.6 is 27.7 Å². The number of sulfonamides is 1. The topological polar surface area (TPSA) is 154 Å². The van der Waals surface area contributed by atoms with E-state index in [2.05, 4.69) is 41.1 Å². The maximum Gasteiger partial charge on any atom is 0.293 e. The summed E-state index contributed by atoms with van der Waals surface area (Å²) in [6.07, 6.45) is 2.28. The third-order valence-electron chi connectivity index (χ3n) is 9.59. The molecule has 3 N–H and O–H groups in total. The van der Waals surface area contributed by atoms with Gasteiger partial charge in [-0.3, -0.25) is 19.7 Å². The van der Waals surface area contributed by atoms with E-state index in [0.717, 1.165) is 46.9 Å². The lowest BCUT2D eigenvalue weighted by Gasteiger charge is -2.34. The van der Waals surface area contributed by atoms with Crippen molar-refractivity contribution in [1.29, 1.82) is 0 Å². The third-order valence-corrected chi connectivity index (χ3v) is 12.9. The van der Waals surface area contributed by atoms with Crippen molar-refractivity contribution in [3.05, 3.63) is 123 Å². The van der Waals surface area contributed by atoms with Crippen molar-refractivity contribution in [2.75, 3.05) is 49.7 Å². The maximum absolute atomic E-state index is 13.3. The molecule has 278 valence electrons. The summed E-state index contributed by atoms with van der Waals surface area (Å²) in [6.45, 7) is 2.17. The molecule has 1 saturated heterocycles. The molecule has 2 aliphatic rings. The van der Waals surface area contributed by atoms with Crippen LogP contribution in [0.4, 0.5) is 17.1 Å². The van der Waals surface area contributed by atoms with Crippen molar-refractivity contribution in [2.45, 2.75) is 40.6 Å². The second kappa shape index (κ2) is 16.3. The molecule has 4 aromatic rings. The first-order chi connectivity index (χ1) is 25.3. The van der Waals surface area contributed by atoms with Crippen LogP contribution in [0.1, 0.15) is 40.0 Å². The van der Waals surface area contributed by atoms with E-state index in [1.165, 1.54) is 12.1 Å². The molecule has 1 aliphatic heterocycles. The number of nitro benzene ring substituents is 1. The molecule has 0 spiro atoms.